The molecule has 0 fully saturated rings. The first-order valence-electron chi connectivity index (χ1n) is 6.23. The molecule has 102 valence electrons. The molecule has 0 spiro atoms. The Hall–Kier alpha value is -1.69. The zero-order valence-corrected chi connectivity index (χ0v) is 11.8. The third kappa shape index (κ3) is 3.89. The molecule has 0 saturated carbocycles. The van der Waals surface area contributed by atoms with Gasteiger partial charge in [0.25, 0.3) is 0 Å². The molecule has 2 N–H and O–H groups in total. The molecule has 4 nitrogen and oxygen atoms in total. The molecule has 2 aromatic rings. The summed E-state index contributed by atoms with van der Waals surface area (Å²) >= 11 is 1.66. The zero-order chi connectivity index (χ0) is 13.7. The molecule has 0 aliphatic carbocycles. The van der Waals surface area contributed by atoms with E-state index in [1.54, 1.807) is 11.3 Å². The van der Waals surface area contributed by atoms with Gasteiger partial charge in [0.2, 0.25) is 5.95 Å². The largest absolute Gasteiger partial charge is 0.365 e. The van der Waals surface area contributed by atoms with Crippen LogP contribution in [0.5, 0.6) is 0 Å². The van der Waals surface area contributed by atoms with Crippen LogP contribution in [0.1, 0.15) is 19.4 Å². The third-order valence-electron chi connectivity index (χ3n) is 2.58. The van der Waals surface area contributed by atoms with E-state index in [0.717, 1.165) is 6.42 Å². The first kappa shape index (κ1) is 13.7. The van der Waals surface area contributed by atoms with Crippen LogP contribution in [0.4, 0.5) is 16.2 Å². The molecular weight excluding hydrogens is 263 g/mol. The molecule has 19 heavy (non-hydrogen) atoms. The van der Waals surface area contributed by atoms with E-state index in [4.69, 9.17) is 0 Å². The van der Waals surface area contributed by atoms with E-state index < -0.39 is 5.82 Å². The average molecular weight is 280 g/mol. The Balaban J connectivity index is 2.02. The first-order chi connectivity index (χ1) is 9.19. The second kappa shape index (κ2) is 6.47. The number of nitrogens with one attached hydrogen (secondary N) is 2. The fraction of sp³-hybridized carbons (Fsp3) is 0.385. The van der Waals surface area contributed by atoms with Gasteiger partial charge in [0.1, 0.15) is 0 Å². The maximum Gasteiger partial charge on any atom is 0.224 e. The zero-order valence-electron chi connectivity index (χ0n) is 11.0. The molecule has 6 heteroatoms. The predicted octanol–water partition coefficient (Wildman–Crippen LogP) is 3.15. The lowest BCUT2D eigenvalue weighted by Crippen LogP contribution is -2.20. The summed E-state index contributed by atoms with van der Waals surface area (Å²) in [7, 11) is 0. The lowest BCUT2D eigenvalue weighted by Gasteiger charge is -2.15. The van der Waals surface area contributed by atoms with Crippen LogP contribution >= 0.6 is 11.3 Å². The van der Waals surface area contributed by atoms with Crippen molar-refractivity contribution in [3.8, 4) is 0 Å². The number of halogens is 1. The number of aromatic nitrogens is 2. The van der Waals surface area contributed by atoms with Gasteiger partial charge >= 0.3 is 0 Å². The number of rotatable bonds is 6. The van der Waals surface area contributed by atoms with E-state index in [1.165, 1.54) is 11.8 Å². The first-order valence-corrected chi connectivity index (χ1v) is 7.17. The molecule has 0 bridgehead atoms. The Labute approximate surface area is 116 Å². The molecule has 0 aliphatic heterocycles. The van der Waals surface area contributed by atoms with Gasteiger partial charge in [0.05, 0.1) is 6.20 Å². The van der Waals surface area contributed by atoms with Gasteiger partial charge in [0, 0.05) is 12.6 Å². The van der Waals surface area contributed by atoms with Gasteiger partial charge in [0.15, 0.2) is 11.6 Å². The van der Waals surface area contributed by atoms with E-state index in [2.05, 4.69) is 32.0 Å². The van der Waals surface area contributed by atoms with Gasteiger partial charge in [-0.3, -0.25) is 0 Å². The van der Waals surface area contributed by atoms with E-state index in [9.17, 15) is 4.39 Å². The smallest absolute Gasteiger partial charge is 0.224 e. The van der Waals surface area contributed by atoms with Gasteiger partial charge in [-0.15, -0.1) is 0 Å². The van der Waals surface area contributed by atoms with E-state index in [1.807, 2.05) is 19.2 Å². The van der Waals surface area contributed by atoms with Crippen molar-refractivity contribution in [2.24, 2.45) is 0 Å². The monoisotopic (exact) mass is 280 g/mol. The Morgan fingerprint density at radius 2 is 2.32 bits per heavy atom. The van der Waals surface area contributed by atoms with Crippen LogP contribution in [0.2, 0.25) is 0 Å². The summed E-state index contributed by atoms with van der Waals surface area (Å²) in [4.78, 5) is 8.00. The van der Waals surface area contributed by atoms with Crippen LogP contribution < -0.4 is 10.6 Å². The van der Waals surface area contributed by atoms with Gasteiger partial charge < -0.3 is 10.6 Å². The van der Waals surface area contributed by atoms with Crippen molar-refractivity contribution < 1.29 is 4.39 Å². The normalized spacial score (nSPS) is 12.2. The molecule has 0 aromatic carbocycles. The minimum Gasteiger partial charge on any atom is -0.365 e. The second-order valence-electron chi connectivity index (χ2n) is 4.30. The fourth-order valence-electron chi connectivity index (χ4n) is 1.76. The highest BCUT2D eigenvalue weighted by Crippen LogP contribution is 2.15. The number of anilines is 2. The minimum atomic E-state index is -0.432. The summed E-state index contributed by atoms with van der Waals surface area (Å²) in [5.41, 5.74) is 1.24. The van der Waals surface area contributed by atoms with Crippen molar-refractivity contribution in [2.75, 3.05) is 17.2 Å². The lowest BCUT2D eigenvalue weighted by atomic mass is 10.1. The van der Waals surface area contributed by atoms with E-state index in [0.29, 0.717) is 12.5 Å². The summed E-state index contributed by atoms with van der Waals surface area (Å²) in [6, 6.07) is 2.18. The predicted molar refractivity (Wildman–Crippen MR) is 77.3 cm³/mol. The van der Waals surface area contributed by atoms with Crippen molar-refractivity contribution in [3.05, 3.63) is 34.4 Å². The standard InChI is InChI=1S/C13H17FN4S/c1-3-15-13-16-7-11(14)12(18-13)17-9(2)6-10-4-5-19-8-10/h4-5,7-9H,3,6H2,1-2H3,(H2,15,16,17,18). The third-order valence-corrected chi connectivity index (χ3v) is 3.32. The van der Waals surface area contributed by atoms with Crippen molar-refractivity contribution in [1.29, 1.82) is 0 Å². The number of thiophene rings is 1. The SMILES string of the molecule is CCNc1ncc(F)c(NC(C)Cc2ccsc2)n1. The van der Waals surface area contributed by atoms with Gasteiger partial charge in [-0.05, 0) is 42.7 Å². The Kier molecular flexibility index (Phi) is 4.68. The molecule has 2 heterocycles. The van der Waals surface area contributed by atoms with Crippen molar-refractivity contribution >= 4 is 23.1 Å². The summed E-state index contributed by atoms with van der Waals surface area (Å²) in [6.07, 6.45) is 2.02. The molecule has 0 radical (unpaired) electrons. The maximum atomic E-state index is 13.6. The van der Waals surface area contributed by atoms with Crippen LogP contribution in [0, 0.1) is 5.82 Å². The van der Waals surface area contributed by atoms with E-state index in [-0.39, 0.29) is 11.9 Å². The summed E-state index contributed by atoms with van der Waals surface area (Å²) in [5, 5.41) is 10.2. The second-order valence-corrected chi connectivity index (χ2v) is 5.08. The molecule has 2 aromatic heterocycles. The molecule has 0 amide bonds. The van der Waals surface area contributed by atoms with Crippen LogP contribution in [0.3, 0.4) is 0 Å². The molecule has 0 saturated heterocycles. The van der Waals surface area contributed by atoms with Gasteiger partial charge in [-0.2, -0.15) is 16.3 Å². The van der Waals surface area contributed by atoms with Crippen LogP contribution in [0.25, 0.3) is 0 Å². The Morgan fingerprint density at radius 1 is 1.47 bits per heavy atom. The highest BCUT2D eigenvalue weighted by molar-refractivity contribution is 7.07. The van der Waals surface area contributed by atoms with Gasteiger partial charge in [-0.25, -0.2) is 9.37 Å². The Morgan fingerprint density at radius 3 is 3.00 bits per heavy atom. The van der Waals surface area contributed by atoms with E-state index >= 15 is 0 Å². The van der Waals surface area contributed by atoms with Crippen molar-refractivity contribution in [1.82, 2.24) is 9.97 Å². The van der Waals surface area contributed by atoms with Crippen molar-refractivity contribution in [2.45, 2.75) is 26.3 Å². The lowest BCUT2D eigenvalue weighted by molar-refractivity contribution is 0.612. The summed E-state index contributed by atoms with van der Waals surface area (Å²) < 4.78 is 13.6. The quantitative estimate of drug-likeness (QED) is 0.853. The molecular formula is C13H17FN4S. The van der Waals surface area contributed by atoms with Crippen LogP contribution in [0.15, 0.2) is 23.0 Å². The summed E-state index contributed by atoms with van der Waals surface area (Å²) in [6.45, 7) is 4.65. The molecule has 0 aliphatic rings. The highest BCUT2D eigenvalue weighted by atomic mass is 32.1. The minimum absolute atomic E-state index is 0.105. The summed E-state index contributed by atoms with van der Waals surface area (Å²) in [5.74, 6) is 0.252. The average Bonchev–Trinajstić information content (AvgIpc) is 2.86. The van der Waals surface area contributed by atoms with Crippen LogP contribution in [-0.2, 0) is 6.42 Å². The number of nitrogens with zero attached hydrogens (tertiary/aromatic N) is 2. The number of hydrogen-bond donors (Lipinski definition) is 2. The fourth-order valence-corrected chi connectivity index (χ4v) is 2.44. The van der Waals surface area contributed by atoms with Crippen LogP contribution in [-0.4, -0.2) is 22.6 Å². The number of hydrogen-bond acceptors (Lipinski definition) is 5. The highest BCUT2D eigenvalue weighted by Gasteiger charge is 2.10. The molecule has 1 atom stereocenters. The maximum absolute atomic E-state index is 13.6. The molecule has 1 unspecified atom stereocenters. The van der Waals surface area contributed by atoms with Crippen molar-refractivity contribution in [3.63, 3.8) is 0 Å². The topological polar surface area (TPSA) is 49.8 Å². The Bertz CT molecular complexity index is 515. The van der Waals surface area contributed by atoms with Gasteiger partial charge in [-0.1, -0.05) is 0 Å². The molecule has 2 rings (SSSR count).